The van der Waals surface area contributed by atoms with Crippen LogP contribution in [-0.4, -0.2) is 6.54 Å². The summed E-state index contributed by atoms with van der Waals surface area (Å²) in [4.78, 5) is 1.11. The fourth-order valence-electron chi connectivity index (χ4n) is 1.82. The topological polar surface area (TPSA) is 12.0 Å². The molecule has 0 radical (unpaired) electrons. The Balaban J connectivity index is 2.30. The van der Waals surface area contributed by atoms with E-state index in [1.807, 2.05) is 17.5 Å². The largest absolute Gasteiger partial charge is 0.306 e. The molecule has 2 aromatic rings. The second-order valence-corrected chi connectivity index (χ2v) is 5.06. The molecule has 96 valence electrons. The summed E-state index contributed by atoms with van der Waals surface area (Å²) in [6, 6.07) is 7.96. The molecule has 0 aliphatic heterocycles. The van der Waals surface area contributed by atoms with Gasteiger partial charge in [-0.1, -0.05) is 19.1 Å². The molecule has 18 heavy (non-hydrogen) atoms. The zero-order chi connectivity index (χ0) is 13.0. The van der Waals surface area contributed by atoms with Crippen molar-refractivity contribution in [2.45, 2.75) is 19.4 Å². The summed E-state index contributed by atoms with van der Waals surface area (Å²) >= 11 is 1.61. The van der Waals surface area contributed by atoms with Crippen molar-refractivity contribution in [1.82, 2.24) is 5.32 Å². The van der Waals surface area contributed by atoms with Gasteiger partial charge in [0.05, 0.1) is 6.04 Å². The van der Waals surface area contributed by atoms with E-state index in [9.17, 15) is 8.78 Å². The van der Waals surface area contributed by atoms with Gasteiger partial charge in [0.25, 0.3) is 0 Å². The highest BCUT2D eigenvalue weighted by molar-refractivity contribution is 7.10. The van der Waals surface area contributed by atoms with E-state index in [4.69, 9.17) is 0 Å². The Morgan fingerprint density at radius 3 is 2.67 bits per heavy atom. The first-order chi connectivity index (χ1) is 8.72. The molecule has 4 heteroatoms. The summed E-state index contributed by atoms with van der Waals surface area (Å²) in [5.41, 5.74) is 0.754. The standard InChI is InChI=1S/C14H15F2NS/c1-2-7-17-14(13-4-3-8-18-13)10-5-6-11(15)12(16)9-10/h3-6,8-9,14,17H,2,7H2,1H3. The number of benzene rings is 1. The van der Waals surface area contributed by atoms with Gasteiger partial charge in [-0.15, -0.1) is 11.3 Å². The normalized spacial score (nSPS) is 12.6. The van der Waals surface area contributed by atoms with Gasteiger partial charge in [-0.3, -0.25) is 0 Å². The monoisotopic (exact) mass is 267 g/mol. The zero-order valence-corrected chi connectivity index (χ0v) is 10.9. The highest BCUT2D eigenvalue weighted by Crippen LogP contribution is 2.27. The van der Waals surface area contributed by atoms with E-state index in [1.54, 1.807) is 17.4 Å². The number of hydrogen-bond acceptors (Lipinski definition) is 2. The Kier molecular flexibility index (Phi) is 4.44. The van der Waals surface area contributed by atoms with Crippen LogP contribution in [0.2, 0.25) is 0 Å². The van der Waals surface area contributed by atoms with Gasteiger partial charge in [-0.05, 0) is 42.1 Å². The summed E-state index contributed by atoms with van der Waals surface area (Å²) in [5.74, 6) is -1.61. The highest BCUT2D eigenvalue weighted by Gasteiger charge is 2.16. The van der Waals surface area contributed by atoms with Crippen molar-refractivity contribution in [3.63, 3.8) is 0 Å². The van der Waals surface area contributed by atoms with E-state index in [1.165, 1.54) is 12.1 Å². The van der Waals surface area contributed by atoms with Gasteiger partial charge in [0, 0.05) is 4.88 Å². The quantitative estimate of drug-likeness (QED) is 0.859. The van der Waals surface area contributed by atoms with Crippen LogP contribution in [0.25, 0.3) is 0 Å². The van der Waals surface area contributed by atoms with E-state index >= 15 is 0 Å². The molecule has 1 aromatic heterocycles. The second kappa shape index (κ2) is 6.07. The lowest BCUT2D eigenvalue weighted by Gasteiger charge is -2.17. The van der Waals surface area contributed by atoms with Gasteiger partial charge in [-0.25, -0.2) is 8.78 Å². The molecule has 1 atom stereocenters. The molecule has 0 saturated carbocycles. The van der Waals surface area contributed by atoms with E-state index in [2.05, 4.69) is 12.2 Å². The lowest BCUT2D eigenvalue weighted by Crippen LogP contribution is -2.22. The van der Waals surface area contributed by atoms with E-state index < -0.39 is 11.6 Å². The van der Waals surface area contributed by atoms with Gasteiger partial charge in [0.15, 0.2) is 11.6 Å². The summed E-state index contributed by atoms with van der Waals surface area (Å²) in [6.45, 7) is 2.91. The smallest absolute Gasteiger partial charge is 0.159 e. The minimum Gasteiger partial charge on any atom is -0.306 e. The maximum Gasteiger partial charge on any atom is 0.159 e. The fourth-order valence-corrected chi connectivity index (χ4v) is 2.65. The van der Waals surface area contributed by atoms with Crippen LogP contribution in [0, 0.1) is 11.6 Å². The zero-order valence-electron chi connectivity index (χ0n) is 10.1. The van der Waals surface area contributed by atoms with Gasteiger partial charge in [0.1, 0.15) is 0 Å². The van der Waals surface area contributed by atoms with E-state index in [0.29, 0.717) is 0 Å². The van der Waals surface area contributed by atoms with Crippen LogP contribution in [0.15, 0.2) is 35.7 Å². The Labute approximate surface area is 109 Å². The summed E-state index contributed by atoms with van der Waals surface area (Å²) in [5, 5.41) is 5.34. The van der Waals surface area contributed by atoms with Crippen LogP contribution in [0.3, 0.4) is 0 Å². The van der Waals surface area contributed by atoms with Crippen molar-refractivity contribution in [1.29, 1.82) is 0 Å². The van der Waals surface area contributed by atoms with Gasteiger partial charge >= 0.3 is 0 Å². The van der Waals surface area contributed by atoms with Crippen molar-refractivity contribution < 1.29 is 8.78 Å². The third-order valence-corrected chi connectivity index (χ3v) is 3.64. The molecular formula is C14H15F2NS. The summed E-state index contributed by atoms with van der Waals surface area (Å²) in [6.07, 6.45) is 0.992. The predicted octanol–water partition coefficient (Wildman–Crippen LogP) is 4.12. The minimum atomic E-state index is -0.806. The third kappa shape index (κ3) is 2.94. The molecule has 1 N–H and O–H groups in total. The maximum atomic E-state index is 13.3. The predicted molar refractivity (Wildman–Crippen MR) is 70.8 cm³/mol. The average Bonchev–Trinajstić information content (AvgIpc) is 2.88. The Morgan fingerprint density at radius 2 is 2.06 bits per heavy atom. The maximum absolute atomic E-state index is 13.3. The van der Waals surface area contributed by atoms with Crippen molar-refractivity contribution in [2.24, 2.45) is 0 Å². The van der Waals surface area contributed by atoms with Crippen LogP contribution >= 0.6 is 11.3 Å². The molecule has 1 nitrogen and oxygen atoms in total. The first-order valence-electron chi connectivity index (χ1n) is 5.94. The van der Waals surface area contributed by atoms with Gasteiger partial charge in [-0.2, -0.15) is 0 Å². The molecule has 0 spiro atoms. The number of rotatable bonds is 5. The van der Waals surface area contributed by atoms with Gasteiger partial charge in [0.2, 0.25) is 0 Å². The SMILES string of the molecule is CCCNC(c1ccc(F)c(F)c1)c1cccs1. The molecule has 0 amide bonds. The second-order valence-electron chi connectivity index (χ2n) is 4.08. The molecule has 0 aliphatic rings. The molecule has 0 fully saturated rings. The first kappa shape index (κ1) is 13.2. The van der Waals surface area contributed by atoms with Crippen LogP contribution in [0.1, 0.15) is 29.8 Å². The van der Waals surface area contributed by atoms with E-state index in [-0.39, 0.29) is 6.04 Å². The number of halogens is 2. The van der Waals surface area contributed by atoms with Crippen molar-refractivity contribution in [3.05, 3.63) is 57.8 Å². The Hall–Kier alpha value is -1.26. The summed E-state index contributed by atoms with van der Waals surface area (Å²) in [7, 11) is 0. The molecule has 0 bridgehead atoms. The molecule has 0 aliphatic carbocycles. The van der Waals surface area contributed by atoms with Crippen LogP contribution in [-0.2, 0) is 0 Å². The average molecular weight is 267 g/mol. The molecule has 1 unspecified atom stereocenters. The Morgan fingerprint density at radius 1 is 1.22 bits per heavy atom. The lowest BCUT2D eigenvalue weighted by atomic mass is 10.0. The lowest BCUT2D eigenvalue weighted by molar-refractivity contribution is 0.503. The fraction of sp³-hybridized carbons (Fsp3) is 0.286. The highest BCUT2D eigenvalue weighted by atomic mass is 32.1. The summed E-state index contributed by atoms with van der Waals surface area (Å²) < 4.78 is 26.3. The third-order valence-electron chi connectivity index (χ3n) is 2.70. The Bertz CT molecular complexity index is 497. The first-order valence-corrected chi connectivity index (χ1v) is 6.82. The molecule has 0 saturated heterocycles. The molecular weight excluding hydrogens is 252 g/mol. The van der Waals surface area contributed by atoms with Crippen molar-refractivity contribution >= 4 is 11.3 Å². The van der Waals surface area contributed by atoms with Crippen molar-refractivity contribution in [2.75, 3.05) is 6.54 Å². The van der Waals surface area contributed by atoms with Crippen molar-refractivity contribution in [3.8, 4) is 0 Å². The van der Waals surface area contributed by atoms with Crippen LogP contribution in [0.4, 0.5) is 8.78 Å². The van der Waals surface area contributed by atoms with Gasteiger partial charge < -0.3 is 5.32 Å². The number of thiophene rings is 1. The molecule has 1 heterocycles. The molecule has 1 aromatic carbocycles. The minimum absolute atomic E-state index is 0.0694. The molecule has 2 rings (SSSR count). The number of hydrogen-bond donors (Lipinski definition) is 1. The van der Waals surface area contributed by atoms with Crippen LogP contribution < -0.4 is 5.32 Å². The van der Waals surface area contributed by atoms with Crippen LogP contribution in [0.5, 0.6) is 0 Å². The van der Waals surface area contributed by atoms with E-state index in [0.717, 1.165) is 23.4 Å². The number of nitrogens with one attached hydrogen (secondary N) is 1.